The van der Waals surface area contributed by atoms with E-state index in [1.807, 2.05) is 17.1 Å². The first-order valence-corrected chi connectivity index (χ1v) is 7.50. The van der Waals surface area contributed by atoms with Gasteiger partial charge in [0.15, 0.2) is 5.13 Å². The molecule has 1 heterocycles. The summed E-state index contributed by atoms with van der Waals surface area (Å²) >= 11 is 6.97. The summed E-state index contributed by atoms with van der Waals surface area (Å²) < 4.78 is 0.917. The van der Waals surface area contributed by atoms with Crippen LogP contribution < -0.4 is 5.32 Å². The van der Waals surface area contributed by atoms with Crippen molar-refractivity contribution in [1.82, 2.24) is 4.98 Å². The molecular formula is C9H15BrN2S2. The summed E-state index contributed by atoms with van der Waals surface area (Å²) in [7, 11) is 0. The minimum absolute atomic E-state index is 0.507. The summed E-state index contributed by atoms with van der Waals surface area (Å²) in [5.74, 6) is 2.42. The maximum absolute atomic E-state index is 4.30. The van der Waals surface area contributed by atoms with Gasteiger partial charge in [0.1, 0.15) is 4.60 Å². The first kappa shape index (κ1) is 12.3. The van der Waals surface area contributed by atoms with Gasteiger partial charge in [-0.15, -0.1) is 11.3 Å². The van der Waals surface area contributed by atoms with Crippen molar-refractivity contribution in [3.8, 4) is 0 Å². The first-order chi connectivity index (χ1) is 6.72. The number of halogens is 1. The Bertz CT molecular complexity index is 265. The highest BCUT2D eigenvalue weighted by Crippen LogP contribution is 2.20. The molecule has 80 valence electrons. The molecule has 0 fully saturated rings. The number of hydrogen-bond acceptors (Lipinski definition) is 4. The molecule has 0 aliphatic rings. The number of thioether (sulfide) groups is 1. The Kier molecular flexibility index (Phi) is 5.89. The maximum atomic E-state index is 4.30. The largest absolute Gasteiger partial charge is 0.359 e. The molecule has 0 aromatic carbocycles. The van der Waals surface area contributed by atoms with Crippen LogP contribution >= 0.6 is 39.0 Å². The zero-order valence-corrected chi connectivity index (χ0v) is 11.6. The third-order valence-corrected chi connectivity index (χ3v) is 4.16. The lowest BCUT2D eigenvalue weighted by atomic mass is 10.3. The van der Waals surface area contributed by atoms with E-state index < -0.39 is 0 Å². The summed E-state index contributed by atoms with van der Waals surface area (Å²) in [5, 5.41) is 6.39. The summed E-state index contributed by atoms with van der Waals surface area (Å²) in [4.78, 5) is 4.30. The van der Waals surface area contributed by atoms with Gasteiger partial charge in [-0.25, -0.2) is 4.98 Å². The molecule has 1 rings (SSSR count). The Hall–Kier alpha value is 0.260. The van der Waals surface area contributed by atoms with E-state index >= 15 is 0 Å². The molecule has 5 heteroatoms. The third kappa shape index (κ3) is 4.66. The number of aromatic nitrogens is 1. The van der Waals surface area contributed by atoms with Crippen LogP contribution in [0.15, 0.2) is 9.98 Å². The van der Waals surface area contributed by atoms with Gasteiger partial charge in [0.25, 0.3) is 0 Å². The minimum Gasteiger partial charge on any atom is -0.359 e. The van der Waals surface area contributed by atoms with Crippen LogP contribution in [-0.2, 0) is 0 Å². The average molecular weight is 295 g/mol. The van der Waals surface area contributed by atoms with Crippen LogP contribution in [0.2, 0.25) is 0 Å². The van der Waals surface area contributed by atoms with Crippen molar-refractivity contribution >= 4 is 44.2 Å². The molecule has 1 aromatic rings. The molecule has 1 aromatic heterocycles. The number of anilines is 1. The van der Waals surface area contributed by atoms with Crippen molar-refractivity contribution in [2.24, 2.45) is 0 Å². The molecule has 0 radical (unpaired) electrons. The second kappa shape index (κ2) is 6.69. The highest BCUT2D eigenvalue weighted by Gasteiger charge is 2.04. The second-order valence-electron chi connectivity index (χ2n) is 3.01. The number of hydrogen-bond donors (Lipinski definition) is 1. The predicted molar refractivity (Wildman–Crippen MR) is 70.5 cm³/mol. The van der Waals surface area contributed by atoms with Crippen LogP contribution in [0.5, 0.6) is 0 Å². The predicted octanol–water partition coefficient (Wildman–Crippen LogP) is 3.85. The molecule has 1 atom stereocenters. The van der Waals surface area contributed by atoms with Gasteiger partial charge in [-0.1, -0.05) is 6.92 Å². The van der Waals surface area contributed by atoms with Gasteiger partial charge in [-0.05, 0) is 40.8 Å². The topological polar surface area (TPSA) is 24.9 Å². The Balaban J connectivity index is 2.23. The number of rotatable bonds is 6. The quantitative estimate of drug-likeness (QED) is 0.807. The van der Waals surface area contributed by atoms with Crippen molar-refractivity contribution in [2.45, 2.75) is 26.3 Å². The lowest BCUT2D eigenvalue weighted by Crippen LogP contribution is -2.15. The number of nitrogens with zero attached hydrogens (tertiary/aromatic N) is 1. The molecule has 0 amide bonds. The van der Waals surface area contributed by atoms with E-state index in [-0.39, 0.29) is 0 Å². The monoisotopic (exact) mass is 294 g/mol. The Morgan fingerprint density at radius 3 is 3.07 bits per heavy atom. The normalized spacial score (nSPS) is 12.8. The molecule has 0 bridgehead atoms. The van der Waals surface area contributed by atoms with Crippen molar-refractivity contribution in [2.75, 3.05) is 16.8 Å². The van der Waals surface area contributed by atoms with Crippen LogP contribution in [0, 0.1) is 0 Å². The van der Waals surface area contributed by atoms with Crippen molar-refractivity contribution < 1.29 is 0 Å². The van der Waals surface area contributed by atoms with E-state index in [9.17, 15) is 0 Å². The maximum Gasteiger partial charge on any atom is 0.183 e. The van der Waals surface area contributed by atoms with Crippen molar-refractivity contribution in [3.05, 3.63) is 9.98 Å². The lowest BCUT2D eigenvalue weighted by molar-refractivity contribution is 0.770. The molecular weight excluding hydrogens is 280 g/mol. The zero-order chi connectivity index (χ0) is 10.4. The molecule has 0 saturated carbocycles. The lowest BCUT2D eigenvalue weighted by Gasteiger charge is -2.11. The van der Waals surface area contributed by atoms with Crippen molar-refractivity contribution in [1.29, 1.82) is 0 Å². The van der Waals surface area contributed by atoms with Crippen LogP contribution in [0.3, 0.4) is 0 Å². The van der Waals surface area contributed by atoms with Gasteiger partial charge in [-0.3, -0.25) is 0 Å². The van der Waals surface area contributed by atoms with E-state index in [0.717, 1.165) is 9.73 Å². The number of thiazole rings is 1. The van der Waals surface area contributed by atoms with Crippen LogP contribution in [0.4, 0.5) is 5.13 Å². The average Bonchev–Trinajstić information content (AvgIpc) is 2.52. The molecule has 2 nitrogen and oxygen atoms in total. The molecule has 0 saturated heterocycles. The Morgan fingerprint density at radius 2 is 2.50 bits per heavy atom. The summed E-state index contributed by atoms with van der Waals surface area (Å²) in [6, 6.07) is 0.507. The smallest absolute Gasteiger partial charge is 0.183 e. The zero-order valence-electron chi connectivity index (χ0n) is 8.42. The van der Waals surface area contributed by atoms with Gasteiger partial charge < -0.3 is 5.32 Å². The van der Waals surface area contributed by atoms with Gasteiger partial charge >= 0.3 is 0 Å². The highest BCUT2D eigenvalue weighted by molar-refractivity contribution is 9.10. The fourth-order valence-corrected chi connectivity index (χ4v) is 3.07. The second-order valence-corrected chi connectivity index (χ2v) is 6.07. The van der Waals surface area contributed by atoms with Gasteiger partial charge in [0.05, 0.1) is 0 Å². The van der Waals surface area contributed by atoms with Gasteiger partial charge in [0.2, 0.25) is 0 Å². The van der Waals surface area contributed by atoms with E-state index in [1.54, 1.807) is 11.3 Å². The van der Waals surface area contributed by atoms with E-state index in [0.29, 0.717) is 6.04 Å². The van der Waals surface area contributed by atoms with Crippen molar-refractivity contribution in [3.63, 3.8) is 0 Å². The molecule has 0 aliphatic heterocycles. The fraction of sp³-hybridized carbons (Fsp3) is 0.667. The SMILES string of the molecule is CCSCCC(C)Nc1nc(Br)cs1. The van der Waals surface area contributed by atoms with Gasteiger partial charge in [-0.2, -0.15) is 11.8 Å². The highest BCUT2D eigenvalue weighted by atomic mass is 79.9. The van der Waals surface area contributed by atoms with E-state index in [1.165, 1.54) is 17.9 Å². The Labute approximate surface area is 102 Å². The van der Waals surface area contributed by atoms with E-state index in [2.05, 4.69) is 40.1 Å². The third-order valence-electron chi connectivity index (χ3n) is 1.75. The van der Waals surface area contributed by atoms with E-state index in [4.69, 9.17) is 0 Å². The molecule has 0 aliphatic carbocycles. The summed E-state index contributed by atoms with van der Waals surface area (Å²) in [6.45, 7) is 4.40. The fourth-order valence-electron chi connectivity index (χ4n) is 1.01. The molecule has 0 spiro atoms. The summed E-state index contributed by atoms with van der Waals surface area (Å²) in [6.07, 6.45) is 1.19. The standard InChI is InChI=1S/C9H15BrN2S2/c1-3-13-5-4-7(2)11-9-12-8(10)6-14-9/h6-7H,3-5H2,1-2H3,(H,11,12). The van der Waals surface area contributed by atoms with Crippen LogP contribution in [0.1, 0.15) is 20.3 Å². The summed E-state index contributed by atoms with van der Waals surface area (Å²) in [5.41, 5.74) is 0. The minimum atomic E-state index is 0.507. The molecule has 1 unspecified atom stereocenters. The van der Waals surface area contributed by atoms with Gasteiger partial charge in [0, 0.05) is 11.4 Å². The number of nitrogens with one attached hydrogen (secondary N) is 1. The molecule has 1 N–H and O–H groups in total. The van der Waals surface area contributed by atoms with Crippen LogP contribution in [-0.4, -0.2) is 22.5 Å². The molecule has 14 heavy (non-hydrogen) atoms. The van der Waals surface area contributed by atoms with Crippen LogP contribution in [0.25, 0.3) is 0 Å². The first-order valence-electron chi connectivity index (χ1n) is 4.67. The Morgan fingerprint density at radius 1 is 1.71 bits per heavy atom.